The van der Waals surface area contributed by atoms with Crippen molar-refractivity contribution in [2.75, 3.05) is 10.2 Å². The number of thiophene rings is 1. The highest BCUT2D eigenvalue weighted by Crippen LogP contribution is 2.54. The monoisotopic (exact) mass is 922 g/mol. The summed E-state index contributed by atoms with van der Waals surface area (Å²) in [4.78, 5) is 2.69. The topological polar surface area (TPSA) is 15.3 Å². The van der Waals surface area contributed by atoms with Crippen LogP contribution in [0.2, 0.25) is 0 Å². The third-order valence-corrected chi connectivity index (χ3v) is 19.4. The van der Waals surface area contributed by atoms with Gasteiger partial charge in [0.1, 0.15) is 0 Å². The first-order chi connectivity index (χ1) is 32.5. The zero-order chi connectivity index (χ0) is 48.4. The summed E-state index contributed by atoms with van der Waals surface area (Å²) in [5, 5.41) is 9.40. The first-order valence-corrected chi connectivity index (χ1v) is 26.8. The highest BCUT2D eigenvalue weighted by molar-refractivity contribution is 7.27. The van der Waals surface area contributed by atoms with Gasteiger partial charge in [-0.3, -0.25) is 0 Å². The van der Waals surface area contributed by atoms with Gasteiger partial charge in [0.05, 0.1) is 0 Å². The van der Waals surface area contributed by atoms with Crippen LogP contribution in [0, 0.1) is 6.92 Å². The lowest BCUT2D eigenvalue weighted by Crippen LogP contribution is -2.42. The van der Waals surface area contributed by atoms with E-state index in [1.54, 1.807) is 0 Å². The zero-order valence-corrected chi connectivity index (χ0v) is 44.4. The molecule has 0 spiro atoms. The Kier molecular flexibility index (Phi) is 9.66. The van der Waals surface area contributed by atoms with Crippen LogP contribution in [0.15, 0.2) is 109 Å². The Bertz CT molecular complexity index is 3480. The van der Waals surface area contributed by atoms with Crippen LogP contribution in [0.1, 0.15) is 161 Å². The standard InChI is InChI=1S/C65H70BN2S/c1-38-32-47-51(65(12,13)31-28-61(47,4)5)37-54(38)68-53-25-23-43-42-20-16-17-21-55(42)69-59(43)57(53)66-56-45(33-39-18-14-15-19-41(39)58(56)68)44-35-49-50(64(10,11)30-29-63(49,8)9)36-52(44)67-40-22-24-46-48(34-40)62(6,7)27-26-60(46,2)3/h14-25,32-37,67H,26-31H2,1-13H3. The molecule has 349 valence electrons. The van der Waals surface area contributed by atoms with E-state index < -0.39 is 0 Å². The molecule has 12 rings (SSSR count). The van der Waals surface area contributed by atoms with Gasteiger partial charge in [-0.2, -0.15) is 0 Å². The fourth-order valence-electron chi connectivity index (χ4n) is 13.3. The van der Waals surface area contributed by atoms with Gasteiger partial charge >= 0.3 is 0 Å². The Labute approximate surface area is 417 Å². The summed E-state index contributed by atoms with van der Waals surface area (Å²) < 4.78 is 2.69. The van der Waals surface area contributed by atoms with Crippen molar-refractivity contribution in [2.45, 2.75) is 161 Å². The molecule has 4 heteroatoms. The number of nitrogens with zero attached hydrogens (tertiary/aromatic N) is 1. The molecule has 0 amide bonds. The minimum Gasteiger partial charge on any atom is -0.355 e. The van der Waals surface area contributed by atoms with Crippen LogP contribution in [0.25, 0.3) is 42.1 Å². The molecule has 0 atom stereocenters. The largest absolute Gasteiger partial charge is 0.355 e. The number of aryl methyl sites for hydroxylation is 1. The highest BCUT2D eigenvalue weighted by Gasteiger charge is 2.42. The van der Waals surface area contributed by atoms with Crippen molar-refractivity contribution in [1.29, 1.82) is 0 Å². The number of hydrogen-bond acceptors (Lipinski definition) is 3. The summed E-state index contributed by atoms with van der Waals surface area (Å²) in [6.45, 7) is 31.9. The number of nitrogens with one attached hydrogen (secondary N) is 1. The Balaban J connectivity index is 1.17. The molecule has 0 unspecified atom stereocenters. The van der Waals surface area contributed by atoms with Crippen LogP contribution in [0.3, 0.4) is 0 Å². The van der Waals surface area contributed by atoms with E-state index in [1.807, 2.05) is 11.3 Å². The number of fused-ring (bicyclic) bond motifs is 11. The number of benzene rings is 7. The lowest BCUT2D eigenvalue weighted by molar-refractivity contribution is 0.332. The molecule has 0 bridgehead atoms. The molecule has 2 heterocycles. The van der Waals surface area contributed by atoms with Gasteiger partial charge in [0.25, 0.3) is 0 Å². The molecule has 69 heavy (non-hydrogen) atoms. The van der Waals surface area contributed by atoms with Crippen molar-refractivity contribution in [2.24, 2.45) is 0 Å². The molecule has 0 saturated carbocycles. The van der Waals surface area contributed by atoms with Gasteiger partial charge in [0.15, 0.2) is 7.28 Å². The van der Waals surface area contributed by atoms with E-state index in [-0.39, 0.29) is 32.5 Å². The molecule has 3 aliphatic carbocycles. The summed E-state index contributed by atoms with van der Waals surface area (Å²) in [5.74, 6) is 0. The van der Waals surface area contributed by atoms with Gasteiger partial charge < -0.3 is 10.2 Å². The molecule has 0 saturated heterocycles. The molecule has 1 radical (unpaired) electrons. The summed E-state index contributed by atoms with van der Waals surface area (Å²) >= 11 is 1.94. The van der Waals surface area contributed by atoms with E-state index in [0.29, 0.717) is 0 Å². The van der Waals surface area contributed by atoms with E-state index in [4.69, 9.17) is 0 Å². The third kappa shape index (κ3) is 6.84. The molecule has 0 fully saturated rings. The van der Waals surface area contributed by atoms with Crippen LogP contribution >= 0.6 is 11.3 Å². The normalized spacial score (nSPS) is 19.8. The molecular weight excluding hydrogens is 852 g/mol. The number of anilines is 5. The van der Waals surface area contributed by atoms with E-state index in [0.717, 1.165) is 12.8 Å². The molecule has 1 aliphatic heterocycles. The fraction of sp³-hybridized carbons (Fsp3) is 0.385. The average Bonchev–Trinajstić information content (AvgIpc) is 3.69. The van der Waals surface area contributed by atoms with E-state index >= 15 is 0 Å². The maximum Gasteiger partial charge on any atom is 0.199 e. The van der Waals surface area contributed by atoms with E-state index in [2.05, 4.69) is 217 Å². The van der Waals surface area contributed by atoms with Crippen molar-refractivity contribution in [3.63, 3.8) is 0 Å². The molecule has 4 aliphatic rings. The van der Waals surface area contributed by atoms with Crippen LogP contribution in [-0.4, -0.2) is 7.28 Å². The van der Waals surface area contributed by atoms with E-state index in [9.17, 15) is 0 Å². The van der Waals surface area contributed by atoms with Crippen LogP contribution in [-0.2, 0) is 32.5 Å². The quantitative estimate of drug-likeness (QED) is 0.177. The number of rotatable bonds is 4. The second-order valence-electron chi connectivity index (χ2n) is 25.7. The first kappa shape index (κ1) is 44.9. The molecule has 1 N–H and O–H groups in total. The van der Waals surface area contributed by atoms with Crippen molar-refractivity contribution in [3.8, 4) is 11.1 Å². The van der Waals surface area contributed by atoms with Crippen LogP contribution in [0.4, 0.5) is 28.4 Å². The Hall–Kier alpha value is -5.32. The Morgan fingerprint density at radius 3 is 1.68 bits per heavy atom. The SMILES string of the molecule is Cc1cc2c(cc1N1c3ccc4c(sc5ccccc54)c3[B]c3c(-c4cc5c(cc4Nc4ccc6c(c4)C(C)(C)CCC6(C)C)C(C)(C)CCC5(C)C)cc4ccccc4c31)C(C)(C)CCC2(C)C. The van der Waals surface area contributed by atoms with Gasteiger partial charge in [-0.25, -0.2) is 0 Å². The molecule has 8 aromatic rings. The fourth-order valence-corrected chi connectivity index (χ4v) is 14.5. The molecule has 7 aromatic carbocycles. The minimum absolute atomic E-state index is 0.0306. The molecule has 2 nitrogen and oxygen atoms in total. The lowest BCUT2D eigenvalue weighted by atomic mass is 9.57. The molecule has 1 aromatic heterocycles. The Morgan fingerprint density at radius 2 is 1.01 bits per heavy atom. The zero-order valence-electron chi connectivity index (χ0n) is 43.6. The highest BCUT2D eigenvalue weighted by atomic mass is 32.1. The smallest absolute Gasteiger partial charge is 0.199 e. The maximum atomic E-state index is 4.20. The minimum atomic E-state index is 0.0306. The summed E-state index contributed by atoms with van der Waals surface area (Å²) in [6.07, 6.45) is 7.09. The van der Waals surface area contributed by atoms with E-state index in [1.165, 1.54) is 146 Å². The predicted molar refractivity (Wildman–Crippen MR) is 302 cm³/mol. The average molecular weight is 922 g/mol. The lowest BCUT2D eigenvalue weighted by Gasteiger charge is -2.44. The van der Waals surface area contributed by atoms with Crippen molar-refractivity contribution in [1.82, 2.24) is 0 Å². The second-order valence-corrected chi connectivity index (χ2v) is 26.7. The Morgan fingerprint density at radius 1 is 0.464 bits per heavy atom. The molecular formula is C65H70BN2S. The van der Waals surface area contributed by atoms with Crippen molar-refractivity contribution < 1.29 is 0 Å². The predicted octanol–water partition coefficient (Wildman–Crippen LogP) is 17.4. The number of hydrogen-bond donors (Lipinski definition) is 1. The first-order valence-electron chi connectivity index (χ1n) is 26.0. The van der Waals surface area contributed by atoms with Gasteiger partial charge in [-0.1, -0.05) is 144 Å². The van der Waals surface area contributed by atoms with Crippen LogP contribution < -0.4 is 21.1 Å². The van der Waals surface area contributed by atoms with Crippen molar-refractivity contribution in [3.05, 3.63) is 148 Å². The van der Waals surface area contributed by atoms with Crippen LogP contribution in [0.5, 0.6) is 0 Å². The maximum absolute atomic E-state index is 4.20. The van der Waals surface area contributed by atoms with Gasteiger partial charge in [-0.05, 0) is 193 Å². The second kappa shape index (κ2) is 14.9. The summed E-state index contributed by atoms with van der Waals surface area (Å²) in [6, 6.07) is 43.2. The summed E-state index contributed by atoms with van der Waals surface area (Å²) in [5.41, 5.74) is 22.1. The van der Waals surface area contributed by atoms with Gasteiger partial charge in [-0.15, -0.1) is 11.3 Å². The van der Waals surface area contributed by atoms with Gasteiger partial charge in [0, 0.05) is 54.2 Å². The third-order valence-electron chi connectivity index (χ3n) is 18.2. The van der Waals surface area contributed by atoms with Gasteiger partial charge in [0.2, 0.25) is 0 Å². The van der Waals surface area contributed by atoms with Crippen molar-refractivity contribution >= 4 is 88.9 Å². The summed E-state index contributed by atoms with van der Waals surface area (Å²) in [7, 11) is 2.59.